The van der Waals surface area contributed by atoms with Gasteiger partial charge in [0.15, 0.2) is 0 Å². The highest BCUT2D eigenvalue weighted by Crippen LogP contribution is 2.29. The zero-order chi connectivity index (χ0) is 17.1. The maximum absolute atomic E-state index is 11.0. The van der Waals surface area contributed by atoms with Crippen LogP contribution in [0.2, 0.25) is 0 Å². The molecule has 25 heavy (non-hydrogen) atoms. The Kier molecular flexibility index (Phi) is 4.44. The number of para-hydroxylation sites is 1. The molecular weight excluding hydrogens is 310 g/mol. The molecule has 0 amide bonds. The van der Waals surface area contributed by atoms with Crippen LogP contribution < -0.4 is 4.90 Å². The number of nitroso groups, excluding NO2 is 1. The molecule has 4 rings (SSSR count). The minimum absolute atomic E-state index is 0.532. The molecule has 126 valence electrons. The van der Waals surface area contributed by atoms with Crippen LogP contribution >= 0.6 is 0 Å². The largest absolute Gasteiger partial charge is 0.367 e. The number of rotatable bonds is 4. The van der Waals surface area contributed by atoms with Crippen molar-refractivity contribution in [3.8, 4) is 0 Å². The van der Waals surface area contributed by atoms with Crippen LogP contribution in [0.1, 0.15) is 5.56 Å². The van der Waals surface area contributed by atoms with E-state index in [1.54, 1.807) is 6.07 Å². The van der Waals surface area contributed by atoms with E-state index in [0.717, 1.165) is 38.4 Å². The van der Waals surface area contributed by atoms with Gasteiger partial charge in [0.05, 0.1) is 5.69 Å². The van der Waals surface area contributed by atoms with Gasteiger partial charge in [0, 0.05) is 32.7 Å². The second-order valence-electron chi connectivity index (χ2n) is 6.48. The van der Waals surface area contributed by atoms with E-state index in [1.807, 2.05) is 18.2 Å². The van der Waals surface area contributed by atoms with Crippen LogP contribution in [-0.2, 0) is 6.54 Å². The molecule has 3 aromatic carbocycles. The lowest BCUT2D eigenvalue weighted by molar-refractivity contribution is 0.251. The van der Waals surface area contributed by atoms with Crippen molar-refractivity contribution in [1.29, 1.82) is 0 Å². The monoisotopic (exact) mass is 331 g/mol. The molecule has 4 nitrogen and oxygen atoms in total. The first-order valence-electron chi connectivity index (χ1n) is 8.71. The first kappa shape index (κ1) is 15.8. The Balaban J connectivity index is 1.46. The van der Waals surface area contributed by atoms with Crippen molar-refractivity contribution in [1.82, 2.24) is 4.90 Å². The van der Waals surface area contributed by atoms with E-state index in [1.165, 1.54) is 16.3 Å². The molecule has 0 aliphatic carbocycles. The van der Waals surface area contributed by atoms with Crippen LogP contribution in [-0.4, -0.2) is 31.1 Å². The molecule has 1 fully saturated rings. The van der Waals surface area contributed by atoms with Crippen LogP contribution in [0.3, 0.4) is 0 Å². The Labute approximate surface area is 147 Å². The van der Waals surface area contributed by atoms with Gasteiger partial charge in [-0.15, -0.1) is 4.91 Å². The zero-order valence-electron chi connectivity index (χ0n) is 14.1. The number of nitrogens with zero attached hydrogens (tertiary/aromatic N) is 3. The van der Waals surface area contributed by atoms with Crippen molar-refractivity contribution in [3.05, 3.63) is 77.2 Å². The second-order valence-corrected chi connectivity index (χ2v) is 6.48. The van der Waals surface area contributed by atoms with Gasteiger partial charge in [0.1, 0.15) is 5.69 Å². The number of fused-ring (bicyclic) bond motifs is 1. The minimum Gasteiger partial charge on any atom is -0.367 e. The molecular formula is C21H21N3O. The van der Waals surface area contributed by atoms with Crippen molar-refractivity contribution in [2.45, 2.75) is 6.54 Å². The minimum atomic E-state index is 0.532. The summed E-state index contributed by atoms with van der Waals surface area (Å²) in [6.07, 6.45) is 0. The first-order chi connectivity index (χ1) is 12.3. The average molecular weight is 331 g/mol. The summed E-state index contributed by atoms with van der Waals surface area (Å²) < 4.78 is 0. The number of hydrogen-bond donors (Lipinski definition) is 0. The third-order valence-corrected chi connectivity index (χ3v) is 4.97. The SMILES string of the molecule is O=Nc1ccccc1N1CCN(Cc2cccc3ccccc23)CC1. The van der Waals surface area contributed by atoms with Gasteiger partial charge in [0.2, 0.25) is 0 Å². The van der Waals surface area contributed by atoms with E-state index in [2.05, 4.69) is 57.4 Å². The predicted molar refractivity (Wildman–Crippen MR) is 103 cm³/mol. The fourth-order valence-corrected chi connectivity index (χ4v) is 3.63. The fourth-order valence-electron chi connectivity index (χ4n) is 3.63. The Morgan fingerprint density at radius 3 is 2.36 bits per heavy atom. The Morgan fingerprint density at radius 2 is 1.52 bits per heavy atom. The second kappa shape index (κ2) is 7.03. The smallest absolute Gasteiger partial charge is 0.131 e. The summed E-state index contributed by atoms with van der Waals surface area (Å²) in [5.74, 6) is 0. The summed E-state index contributed by atoms with van der Waals surface area (Å²) in [6, 6.07) is 22.7. The highest BCUT2D eigenvalue weighted by molar-refractivity contribution is 5.85. The lowest BCUT2D eigenvalue weighted by Gasteiger charge is -2.36. The maximum atomic E-state index is 11.0. The Bertz CT molecular complexity index is 880. The van der Waals surface area contributed by atoms with Crippen molar-refractivity contribution < 1.29 is 0 Å². The molecule has 0 N–H and O–H groups in total. The van der Waals surface area contributed by atoms with Crippen LogP contribution in [0.5, 0.6) is 0 Å². The van der Waals surface area contributed by atoms with Crippen molar-refractivity contribution >= 4 is 22.1 Å². The summed E-state index contributed by atoms with van der Waals surface area (Å²) in [6.45, 7) is 4.75. The molecule has 0 aromatic heterocycles. The molecule has 0 bridgehead atoms. The highest BCUT2D eigenvalue weighted by Gasteiger charge is 2.19. The summed E-state index contributed by atoms with van der Waals surface area (Å²) >= 11 is 0. The summed E-state index contributed by atoms with van der Waals surface area (Å²) in [7, 11) is 0. The van der Waals surface area contributed by atoms with Gasteiger partial charge < -0.3 is 4.90 Å². The van der Waals surface area contributed by atoms with Gasteiger partial charge in [-0.05, 0) is 33.6 Å². The van der Waals surface area contributed by atoms with Crippen LogP contribution in [0.4, 0.5) is 11.4 Å². The molecule has 0 radical (unpaired) electrons. The third-order valence-electron chi connectivity index (χ3n) is 4.97. The molecule has 0 atom stereocenters. The number of hydrogen-bond acceptors (Lipinski definition) is 4. The fraction of sp³-hybridized carbons (Fsp3) is 0.238. The van der Waals surface area contributed by atoms with Crippen molar-refractivity contribution in [2.75, 3.05) is 31.1 Å². The van der Waals surface area contributed by atoms with Gasteiger partial charge in [-0.1, -0.05) is 54.6 Å². The molecule has 0 unspecified atom stereocenters. The Hall–Kier alpha value is -2.72. The summed E-state index contributed by atoms with van der Waals surface area (Å²) in [4.78, 5) is 15.8. The first-order valence-corrected chi connectivity index (χ1v) is 8.71. The van der Waals surface area contributed by atoms with E-state index >= 15 is 0 Å². The molecule has 1 saturated heterocycles. The molecule has 4 heteroatoms. The molecule has 0 spiro atoms. The van der Waals surface area contributed by atoms with Crippen LogP contribution in [0.25, 0.3) is 10.8 Å². The highest BCUT2D eigenvalue weighted by atomic mass is 16.3. The van der Waals surface area contributed by atoms with Gasteiger partial charge in [0.25, 0.3) is 0 Å². The lowest BCUT2D eigenvalue weighted by Crippen LogP contribution is -2.46. The summed E-state index contributed by atoms with van der Waals surface area (Å²) in [5.41, 5.74) is 2.86. The third kappa shape index (κ3) is 3.26. The van der Waals surface area contributed by atoms with Crippen molar-refractivity contribution in [3.63, 3.8) is 0 Å². The molecule has 3 aromatic rings. The van der Waals surface area contributed by atoms with E-state index in [0.29, 0.717) is 5.69 Å². The lowest BCUT2D eigenvalue weighted by atomic mass is 10.0. The van der Waals surface area contributed by atoms with E-state index in [-0.39, 0.29) is 0 Å². The zero-order valence-corrected chi connectivity index (χ0v) is 14.1. The van der Waals surface area contributed by atoms with E-state index in [4.69, 9.17) is 0 Å². The average Bonchev–Trinajstić information content (AvgIpc) is 2.69. The normalized spacial score (nSPS) is 15.4. The number of benzene rings is 3. The quantitative estimate of drug-likeness (QED) is 0.658. The number of anilines is 1. The van der Waals surface area contributed by atoms with Gasteiger partial charge in [-0.3, -0.25) is 4.90 Å². The maximum Gasteiger partial charge on any atom is 0.131 e. The topological polar surface area (TPSA) is 35.9 Å². The van der Waals surface area contributed by atoms with Gasteiger partial charge in [-0.2, -0.15) is 0 Å². The van der Waals surface area contributed by atoms with Gasteiger partial charge >= 0.3 is 0 Å². The van der Waals surface area contributed by atoms with E-state index < -0.39 is 0 Å². The molecule has 1 aliphatic heterocycles. The number of piperazine rings is 1. The Morgan fingerprint density at radius 1 is 0.800 bits per heavy atom. The molecule has 1 heterocycles. The predicted octanol–water partition coefficient (Wildman–Crippen LogP) is 4.56. The standard InChI is InChI=1S/C21H21N3O/c25-22-20-10-3-4-11-21(20)24-14-12-23(13-15-24)16-18-8-5-7-17-6-1-2-9-19(17)18/h1-11H,12-16H2. The van der Waals surface area contributed by atoms with Crippen LogP contribution in [0.15, 0.2) is 71.9 Å². The molecule has 0 saturated carbocycles. The van der Waals surface area contributed by atoms with Gasteiger partial charge in [-0.25, -0.2) is 0 Å². The van der Waals surface area contributed by atoms with E-state index in [9.17, 15) is 4.91 Å². The van der Waals surface area contributed by atoms with Crippen molar-refractivity contribution in [2.24, 2.45) is 5.18 Å². The van der Waals surface area contributed by atoms with Crippen LogP contribution in [0, 0.1) is 4.91 Å². The summed E-state index contributed by atoms with van der Waals surface area (Å²) in [5, 5.41) is 5.79. The molecule has 1 aliphatic rings.